The maximum Gasteiger partial charge on any atom is 1.00 e. The zero-order valence-electron chi connectivity index (χ0n) is 22.9. The van der Waals surface area contributed by atoms with Gasteiger partial charge in [0.15, 0.2) is 0 Å². The molecule has 0 aliphatic heterocycles. The molecule has 1 aromatic carbocycles. The van der Waals surface area contributed by atoms with E-state index in [1.165, 1.54) is 5.56 Å². The Morgan fingerprint density at radius 1 is 0.900 bits per heavy atom. The third-order valence-electron chi connectivity index (χ3n) is 3.98. The van der Waals surface area contributed by atoms with Crippen molar-refractivity contribution in [3.05, 3.63) is 35.9 Å². The first-order chi connectivity index (χ1) is 12.9. The number of benzene rings is 1. The Balaban J connectivity index is -0.000000101. The monoisotopic (exact) mass is 450 g/mol. The second-order valence-electron chi connectivity index (χ2n) is 6.55. The van der Waals surface area contributed by atoms with E-state index >= 15 is 0 Å². The molecular formula is C22H37Na3O5. The van der Waals surface area contributed by atoms with Gasteiger partial charge in [-0.3, -0.25) is 14.4 Å². The number of carbonyl (C=O) groups is 3. The molecule has 0 aliphatic rings. The van der Waals surface area contributed by atoms with E-state index in [2.05, 4.69) is 0 Å². The van der Waals surface area contributed by atoms with Crippen molar-refractivity contribution >= 4 is 17.9 Å². The van der Waals surface area contributed by atoms with Crippen molar-refractivity contribution in [2.24, 2.45) is 5.92 Å². The van der Waals surface area contributed by atoms with E-state index in [4.69, 9.17) is 9.84 Å². The molecule has 5 nitrogen and oxygen atoms in total. The Bertz CT molecular complexity index is 561. The van der Waals surface area contributed by atoms with Crippen LogP contribution in [-0.4, -0.2) is 23.0 Å². The summed E-state index contributed by atoms with van der Waals surface area (Å²) in [7, 11) is 0. The number of carbonyl (C=O) groups excluding carboxylic acids is 2. The summed E-state index contributed by atoms with van der Waals surface area (Å²) in [5.74, 6) is -1.58. The molecule has 30 heavy (non-hydrogen) atoms. The molecule has 158 valence electrons. The summed E-state index contributed by atoms with van der Waals surface area (Å²) in [6.07, 6.45) is 6.32. The number of hydrogen-bond acceptors (Lipinski definition) is 4. The summed E-state index contributed by atoms with van der Waals surface area (Å²) in [5, 5.41) is 7.91. The normalized spacial score (nSPS) is 9.07. The second-order valence-corrected chi connectivity index (χ2v) is 6.55. The number of hydrogen-bond donors (Lipinski definition) is 1. The maximum atomic E-state index is 11.9. The van der Waals surface area contributed by atoms with Gasteiger partial charge in [-0.15, -0.1) is 0 Å². The zero-order valence-corrected chi connectivity index (χ0v) is 25.9. The number of ether oxygens (including phenoxy) is 1. The summed E-state index contributed by atoms with van der Waals surface area (Å²) in [4.78, 5) is 33.2. The van der Waals surface area contributed by atoms with E-state index in [1.807, 2.05) is 51.1 Å². The first-order valence-electron chi connectivity index (χ1n) is 9.94. The Labute approximate surface area is 252 Å². The summed E-state index contributed by atoms with van der Waals surface area (Å²) in [6.45, 7) is 5.92. The zero-order chi connectivity index (χ0) is 20.5. The van der Waals surface area contributed by atoms with Crippen LogP contribution in [-0.2, 0) is 25.5 Å². The number of rotatable bonds is 11. The van der Waals surface area contributed by atoms with Crippen molar-refractivity contribution in [2.45, 2.75) is 78.6 Å². The van der Waals surface area contributed by atoms with Crippen molar-refractivity contribution in [1.82, 2.24) is 0 Å². The van der Waals surface area contributed by atoms with Crippen LogP contribution in [0, 0.1) is 5.92 Å². The van der Waals surface area contributed by atoms with Gasteiger partial charge < -0.3 is 14.1 Å². The quantitative estimate of drug-likeness (QED) is 0.215. The van der Waals surface area contributed by atoms with Crippen LogP contribution in [0.5, 0.6) is 0 Å². The van der Waals surface area contributed by atoms with Gasteiger partial charge in [-0.2, -0.15) is 0 Å². The van der Waals surface area contributed by atoms with Gasteiger partial charge in [-0.05, 0) is 37.7 Å². The van der Waals surface area contributed by atoms with Crippen molar-refractivity contribution in [3.8, 4) is 0 Å². The fourth-order valence-electron chi connectivity index (χ4n) is 2.62. The summed E-state index contributed by atoms with van der Waals surface area (Å²) >= 11 is 0. The number of carboxylic acids is 1. The standard InChI is InChI=1S/C18H26O3.C4H8O2.3Na.3H/c1-3-9-16(10-4-2)18(20)21-17(19)14-8-13-15-11-6-5-7-12-15;1-2-3-4(5)6;;;;;;/h5-7,11-12,16H,3-4,8-10,13-14H2,1-2H3;2-3H2,1H3,(H,5,6);;;;;;/q;;3*+1;3*-1. The largest absolute Gasteiger partial charge is 1.00 e. The van der Waals surface area contributed by atoms with Crippen LogP contribution in [0.3, 0.4) is 0 Å². The van der Waals surface area contributed by atoms with Gasteiger partial charge in [-0.25, -0.2) is 0 Å². The van der Waals surface area contributed by atoms with Crippen LogP contribution >= 0.6 is 0 Å². The first kappa shape index (κ1) is 38.1. The fraction of sp³-hybridized carbons (Fsp3) is 0.591. The molecule has 0 bridgehead atoms. The molecule has 1 aromatic rings. The molecule has 0 spiro atoms. The van der Waals surface area contributed by atoms with Crippen LogP contribution in [0.15, 0.2) is 30.3 Å². The average molecular weight is 451 g/mol. The average Bonchev–Trinajstić information content (AvgIpc) is 2.63. The first-order valence-corrected chi connectivity index (χ1v) is 9.94. The molecule has 0 saturated heterocycles. The van der Waals surface area contributed by atoms with E-state index in [0.29, 0.717) is 19.3 Å². The molecule has 0 heterocycles. The Morgan fingerprint density at radius 2 is 1.43 bits per heavy atom. The van der Waals surface area contributed by atoms with Gasteiger partial charge in [0.25, 0.3) is 0 Å². The molecule has 0 amide bonds. The van der Waals surface area contributed by atoms with Gasteiger partial charge in [0, 0.05) is 12.8 Å². The summed E-state index contributed by atoms with van der Waals surface area (Å²) in [6, 6.07) is 10.0. The second kappa shape index (κ2) is 26.1. The SMILES string of the molecule is CCCC(=O)O.CCCC(CCC)C(=O)OC(=O)CCCc1ccccc1.[H-].[H-].[H-].[Na+].[Na+].[Na+]. The van der Waals surface area contributed by atoms with Crippen LogP contribution in [0.4, 0.5) is 0 Å². The van der Waals surface area contributed by atoms with Gasteiger partial charge in [0.1, 0.15) is 0 Å². The topological polar surface area (TPSA) is 80.7 Å². The molecule has 0 saturated carbocycles. The Kier molecular flexibility index (Phi) is 33.1. The van der Waals surface area contributed by atoms with Gasteiger partial charge in [0.05, 0.1) is 5.92 Å². The molecule has 0 atom stereocenters. The number of carboxylic acid groups (broad SMARTS) is 1. The number of aliphatic carboxylic acids is 1. The van der Waals surface area contributed by atoms with Crippen molar-refractivity contribution < 1.29 is 117 Å². The Morgan fingerprint density at radius 3 is 1.83 bits per heavy atom. The van der Waals surface area contributed by atoms with E-state index < -0.39 is 11.9 Å². The van der Waals surface area contributed by atoms with Gasteiger partial charge in [0.2, 0.25) is 0 Å². The van der Waals surface area contributed by atoms with E-state index in [1.54, 1.807) is 0 Å². The van der Waals surface area contributed by atoms with Gasteiger partial charge in [-0.1, -0.05) is 63.9 Å². The molecule has 1 N–H and O–H groups in total. The van der Waals surface area contributed by atoms with Crippen LogP contribution in [0.2, 0.25) is 0 Å². The summed E-state index contributed by atoms with van der Waals surface area (Å²) < 4.78 is 4.98. The predicted molar refractivity (Wildman–Crippen MR) is 110 cm³/mol. The molecule has 0 aromatic heterocycles. The van der Waals surface area contributed by atoms with E-state index in [-0.39, 0.29) is 105 Å². The van der Waals surface area contributed by atoms with Crippen molar-refractivity contribution in [3.63, 3.8) is 0 Å². The number of esters is 2. The van der Waals surface area contributed by atoms with E-state index in [9.17, 15) is 14.4 Å². The third-order valence-corrected chi connectivity index (χ3v) is 3.98. The molecular weight excluding hydrogens is 413 g/mol. The van der Waals surface area contributed by atoms with Crippen LogP contribution in [0.1, 0.15) is 82.0 Å². The minimum atomic E-state index is -0.711. The molecule has 0 fully saturated rings. The molecule has 8 heteroatoms. The maximum absolute atomic E-state index is 11.9. The molecule has 1 rings (SSSR count). The predicted octanol–water partition coefficient (Wildman–Crippen LogP) is -3.48. The fourth-order valence-corrected chi connectivity index (χ4v) is 2.62. The minimum Gasteiger partial charge on any atom is -1.00 e. The van der Waals surface area contributed by atoms with Gasteiger partial charge >= 0.3 is 107 Å². The minimum absolute atomic E-state index is 0. The molecule has 0 aliphatic carbocycles. The van der Waals surface area contributed by atoms with Crippen LogP contribution in [0.25, 0.3) is 0 Å². The molecule has 0 unspecified atom stereocenters. The number of aryl methyl sites for hydroxylation is 1. The third kappa shape index (κ3) is 22.0. The molecule has 0 radical (unpaired) electrons. The smallest absolute Gasteiger partial charge is 1.00 e. The van der Waals surface area contributed by atoms with Crippen LogP contribution < -0.4 is 88.7 Å². The van der Waals surface area contributed by atoms with Crippen molar-refractivity contribution in [2.75, 3.05) is 0 Å². The van der Waals surface area contributed by atoms with Crippen molar-refractivity contribution in [1.29, 1.82) is 0 Å². The van der Waals surface area contributed by atoms with E-state index in [0.717, 1.165) is 38.5 Å². The summed E-state index contributed by atoms with van der Waals surface area (Å²) in [5.41, 5.74) is 1.20. The Hall–Kier alpha value is 0.830.